The number of aliphatic hydroxyl groups is 1. The molecule has 2 aromatic rings. The van der Waals surface area contributed by atoms with Gasteiger partial charge < -0.3 is 19.8 Å². The number of rotatable bonds is 7. The van der Waals surface area contributed by atoms with Gasteiger partial charge in [0.25, 0.3) is 5.91 Å². The summed E-state index contributed by atoms with van der Waals surface area (Å²) in [6, 6.07) is 8.37. The van der Waals surface area contributed by atoms with Gasteiger partial charge in [-0.2, -0.15) is 0 Å². The summed E-state index contributed by atoms with van der Waals surface area (Å²) in [6.45, 7) is 5.19. The molecule has 0 saturated carbocycles. The number of aliphatic hydroxyl groups excluding tert-OH is 1. The van der Waals surface area contributed by atoms with E-state index in [4.69, 9.17) is 4.74 Å². The first-order chi connectivity index (χ1) is 14.3. The molecule has 0 saturated heterocycles. The molecular weight excluding hydrogens is 408 g/mol. The van der Waals surface area contributed by atoms with Gasteiger partial charge in [0.1, 0.15) is 15.9 Å². The summed E-state index contributed by atoms with van der Waals surface area (Å²) in [5, 5.41) is 20.8. The molecule has 2 heterocycles. The Morgan fingerprint density at radius 1 is 1.27 bits per heavy atom. The van der Waals surface area contributed by atoms with E-state index in [1.807, 2.05) is 30.3 Å². The van der Waals surface area contributed by atoms with E-state index in [9.17, 15) is 24.6 Å². The molecule has 0 spiro atoms. The van der Waals surface area contributed by atoms with Crippen molar-refractivity contribution in [1.82, 2.24) is 4.90 Å². The van der Waals surface area contributed by atoms with E-state index in [0.29, 0.717) is 23.5 Å². The maximum Gasteiger partial charge on any atom is 0.348 e. The molecule has 0 fully saturated rings. The molecule has 1 aromatic heterocycles. The van der Waals surface area contributed by atoms with Gasteiger partial charge in [0.05, 0.1) is 12.2 Å². The second-order valence-electron chi connectivity index (χ2n) is 6.96. The van der Waals surface area contributed by atoms with Gasteiger partial charge >= 0.3 is 11.9 Å². The standard InChI is InChI=1S/C21H24N2O6S/c1-4-29-20(27)16-12(2)15-17(24)23(13(3)19(25)26)21(28)22(18(15)30-16)11-10-14-8-6-5-7-9-14/h5-9,13,21,28H,4,10-11H2,1-3H3,(H,25,26). The van der Waals surface area contributed by atoms with Gasteiger partial charge in [-0.3, -0.25) is 9.69 Å². The van der Waals surface area contributed by atoms with Crippen LogP contribution in [0.2, 0.25) is 0 Å². The van der Waals surface area contributed by atoms with Crippen LogP contribution in [-0.2, 0) is 16.0 Å². The number of carbonyl (C=O) groups excluding carboxylic acids is 2. The highest BCUT2D eigenvalue weighted by molar-refractivity contribution is 7.18. The van der Waals surface area contributed by atoms with Gasteiger partial charge in [-0.05, 0) is 38.3 Å². The van der Waals surface area contributed by atoms with Crippen LogP contribution in [0.5, 0.6) is 0 Å². The van der Waals surface area contributed by atoms with E-state index in [-0.39, 0.29) is 17.0 Å². The Bertz CT molecular complexity index is 958. The number of thiophene rings is 1. The Kier molecular flexibility index (Phi) is 6.42. The second kappa shape index (κ2) is 8.85. The Morgan fingerprint density at radius 2 is 1.93 bits per heavy atom. The van der Waals surface area contributed by atoms with Crippen molar-refractivity contribution in [3.8, 4) is 0 Å². The fourth-order valence-corrected chi connectivity index (χ4v) is 4.67. The third kappa shape index (κ3) is 3.90. The molecule has 0 radical (unpaired) electrons. The highest BCUT2D eigenvalue weighted by Gasteiger charge is 2.44. The fraction of sp³-hybridized carbons (Fsp3) is 0.381. The van der Waals surface area contributed by atoms with Gasteiger partial charge in [0.15, 0.2) is 0 Å². The molecule has 30 heavy (non-hydrogen) atoms. The molecule has 160 valence electrons. The topological polar surface area (TPSA) is 107 Å². The molecule has 0 aliphatic carbocycles. The lowest BCUT2D eigenvalue weighted by Gasteiger charge is -2.42. The Balaban J connectivity index is 2.05. The van der Waals surface area contributed by atoms with Crippen LogP contribution in [0.25, 0.3) is 0 Å². The number of nitrogens with zero attached hydrogens (tertiary/aromatic N) is 2. The Morgan fingerprint density at radius 3 is 2.53 bits per heavy atom. The monoisotopic (exact) mass is 432 g/mol. The summed E-state index contributed by atoms with van der Waals surface area (Å²) in [5.74, 6) is -2.39. The van der Waals surface area contributed by atoms with E-state index in [0.717, 1.165) is 21.8 Å². The summed E-state index contributed by atoms with van der Waals surface area (Å²) in [5.41, 5.74) is 1.69. The quantitative estimate of drug-likeness (QED) is 0.647. The minimum atomic E-state index is -1.46. The number of carbonyl (C=O) groups is 3. The summed E-state index contributed by atoms with van der Waals surface area (Å²) in [4.78, 5) is 39.9. The first-order valence-electron chi connectivity index (χ1n) is 9.62. The SMILES string of the molecule is CCOC(=O)c1sc2c(c1C)C(=O)N(C(C)C(=O)O)C(O)N2CCc1ccccc1. The van der Waals surface area contributed by atoms with Crippen LogP contribution in [0, 0.1) is 6.92 Å². The molecule has 1 amide bonds. The zero-order chi connectivity index (χ0) is 22.0. The van der Waals surface area contributed by atoms with Crippen LogP contribution in [0.1, 0.15) is 45.0 Å². The lowest BCUT2D eigenvalue weighted by atomic mass is 10.1. The molecule has 2 atom stereocenters. The van der Waals surface area contributed by atoms with Crippen LogP contribution >= 0.6 is 11.3 Å². The zero-order valence-corrected chi connectivity index (χ0v) is 17.8. The van der Waals surface area contributed by atoms with E-state index >= 15 is 0 Å². The van der Waals surface area contributed by atoms with Crippen LogP contribution in [0.3, 0.4) is 0 Å². The molecule has 0 bridgehead atoms. The number of anilines is 1. The number of benzene rings is 1. The summed E-state index contributed by atoms with van der Waals surface area (Å²) >= 11 is 1.08. The number of fused-ring (bicyclic) bond motifs is 1. The van der Waals surface area contributed by atoms with Gasteiger partial charge in [0.2, 0.25) is 6.35 Å². The molecule has 1 aromatic carbocycles. The van der Waals surface area contributed by atoms with Crippen LogP contribution in [0.15, 0.2) is 30.3 Å². The van der Waals surface area contributed by atoms with Crippen LogP contribution in [0.4, 0.5) is 5.00 Å². The van der Waals surface area contributed by atoms with E-state index in [1.165, 1.54) is 6.92 Å². The number of ether oxygens (including phenoxy) is 1. The third-order valence-electron chi connectivity index (χ3n) is 5.08. The van der Waals surface area contributed by atoms with Crippen molar-refractivity contribution in [3.05, 3.63) is 51.9 Å². The van der Waals surface area contributed by atoms with Crippen molar-refractivity contribution in [2.24, 2.45) is 0 Å². The van der Waals surface area contributed by atoms with Crippen molar-refractivity contribution in [1.29, 1.82) is 0 Å². The number of esters is 1. The predicted molar refractivity (Wildman–Crippen MR) is 112 cm³/mol. The molecule has 1 aliphatic heterocycles. The molecule has 2 N–H and O–H groups in total. The molecule has 1 aliphatic rings. The minimum Gasteiger partial charge on any atom is -0.480 e. The molecule has 2 unspecified atom stereocenters. The average Bonchev–Trinajstić information content (AvgIpc) is 3.06. The lowest BCUT2D eigenvalue weighted by Crippen LogP contribution is -2.60. The third-order valence-corrected chi connectivity index (χ3v) is 6.39. The largest absolute Gasteiger partial charge is 0.480 e. The fourth-order valence-electron chi connectivity index (χ4n) is 3.44. The maximum atomic E-state index is 13.1. The Hall–Kier alpha value is -2.91. The molecular formula is C21H24N2O6S. The number of carboxylic acid groups (broad SMARTS) is 1. The first-order valence-corrected chi connectivity index (χ1v) is 10.4. The smallest absolute Gasteiger partial charge is 0.348 e. The van der Waals surface area contributed by atoms with Crippen molar-refractivity contribution in [2.75, 3.05) is 18.1 Å². The minimum absolute atomic E-state index is 0.192. The van der Waals surface area contributed by atoms with E-state index in [2.05, 4.69) is 0 Å². The number of amides is 1. The van der Waals surface area contributed by atoms with E-state index in [1.54, 1.807) is 18.7 Å². The second-order valence-corrected chi connectivity index (χ2v) is 7.96. The highest BCUT2D eigenvalue weighted by Crippen LogP contribution is 2.42. The molecule has 3 rings (SSSR count). The molecule has 8 nitrogen and oxygen atoms in total. The van der Waals surface area contributed by atoms with Gasteiger partial charge in [-0.25, -0.2) is 9.59 Å². The number of aliphatic carboxylic acids is 1. The molecule has 9 heteroatoms. The summed E-state index contributed by atoms with van der Waals surface area (Å²) < 4.78 is 5.10. The number of hydrogen-bond donors (Lipinski definition) is 2. The van der Waals surface area contributed by atoms with Crippen LogP contribution < -0.4 is 4.90 Å². The van der Waals surface area contributed by atoms with Crippen molar-refractivity contribution >= 4 is 34.2 Å². The van der Waals surface area contributed by atoms with Crippen molar-refractivity contribution in [2.45, 2.75) is 39.6 Å². The zero-order valence-electron chi connectivity index (χ0n) is 17.0. The van der Waals surface area contributed by atoms with Gasteiger partial charge in [0, 0.05) is 6.54 Å². The van der Waals surface area contributed by atoms with Crippen molar-refractivity contribution in [3.63, 3.8) is 0 Å². The van der Waals surface area contributed by atoms with E-state index < -0.39 is 30.2 Å². The average molecular weight is 432 g/mol. The first kappa shape index (κ1) is 21.8. The lowest BCUT2D eigenvalue weighted by molar-refractivity contribution is -0.145. The number of hydrogen-bond acceptors (Lipinski definition) is 7. The predicted octanol–water partition coefficient (Wildman–Crippen LogP) is 2.49. The Labute approximate surface area is 178 Å². The summed E-state index contributed by atoms with van der Waals surface area (Å²) in [7, 11) is 0. The summed E-state index contributed by atoms with van der Waals surface area (Å²) in [6.07, 6.45) is -0.903. The maximum absolute atomic E-state index is 13.1. The van der Waals surface area contributed by atoms with Crippen molar-refractivity contribution < 1.29 is 29.3 Å². The van der Waals surface area contributed by atoms with Gasteiger partial charge in [-0.1, -0.05) is 30.3 Å². The number of carboxylic acids is 1. The normalized spacial score (nSPS) is 16.9. The highest BCUT2D eigenvalue weighted by atomic mass is 32.1. The van der Waals surface area contributed by atoms with Crippen LogP contribution in [-0.4, -0.2) is 58.5 Å². The van der Waals surface area contributed by atoms with Gasteiger partial charge in [-0.15, -0.1) is 11.3 Å².